The highest BCUT2D eigenvalue weighted by atomic mass is 35.5. The topological polar surface area (TPSA) is 79.1 Å². The summed E-state index contributed by atoms with van der Waals surface area (Å²) in [6.45, 7) is 7.58. The number of hydrogen-bond donors (Lipinski definition) is 1. The van der Waals surface area contributed by atoms with Crippen molar-refractivity contribution in [2.24, 2.45) is 0 Å². The number of nitrogen functional groups attached to an aromatic ring is 1. The van der Waals surface area contributed by atoms with Crippen LogP contribution < -0.4 is 10.6 Å². The van der Waals surface area contributed by atoms with Crippen LogP contribution in [0, 0.1) is 11.8 Å². The Kier molecular flexibility index (Phi) is 8.86. The number of nitrogens with zero attached hydrogens (tertiary/aromatic N) is 3. The first kappa shape index (κ1) is 29.0. The van der Waals surface area contributed by atoms with Crippen LogP contribution in [0.4, 0.5) is 11.4 Å². The van der Waals surface area contributed by atoms with Crippen molar-refractivity contribution in [1.29, 1.82) is 0 Å². The Morgan fingerprint density at radius 1 is 0.976 bits per heavy atom. The number of amides is 2. The molecule has 2 aliphatic rings. The van der Waals surface area contributed by atoms with Crippen LogP contribution in [0.15, 0.2) is 60.7 Å². The van der Waals surface area contributed by atoms with Crippen LogP contribution in [0.5, 0.6) is 0 Å². The second-order valence-electron chi connectivity index (χ2n) is 10.2. The molecule has 9 heteroatoms. The van der Waals surface area contributed by atoms with E-state index in [0.29, 0.717) is 70.0 Å². The van der Waals surface area contributed by atoms with E-state index in [1.54, 1.807) is 65.3 Å². The molecular weight excluding hydrogens is 559 g/mol. The maximum absolute atomic E-state index is 14.7. The van der Waals surface area contributed by atoms with E-state index in [0.717, 1.165) is 13.1 Å². The third kappa shape index (κ3) is 6.07. The van der Waals surface area contributed by atoms with Gasteiger partial charge in [0.1, 0.15) is 6.04 Å². The number of rotatable bonds is 6. The molecule has 0 bridgehead atoms. The van der Waals surface area contributed by atoms with Gasteiger partial charge in [0.25, 0.3) is 11.8 Å². The quantitative estimate of drug-likeness (QED) is 0.300. The van der Waals surface area contributed by atoms with Crippen LogP contribution in [-0.4, -0.2) is 61.0 Å². The monoisotopic (exact) mass is 590 g/mol. The Labute approximate surface area is 250 Å². The molecule has 2 atom stereocenters. The van der Waals surface area contributed by atoms with Gasteiger partial charge >= 0.3 is 0 Å². The van der Waals surface area contributed by atoms with Crippen molar-refractivity contribution in [3.05, 3.63) is 93.0 Å². The first-order chi connectivity index (χ1) is 19.8. The number of morpholine rings is 1. The number of fused-ring (bicyclic) bond motifs is 1. The number of anilines is 2. The van der Waals surface area contributed by atoms with Gasteiger partial charge in [0.2, 0.25) is 0 Å². The fourth-order valence-electron chi connectivity index (χ4n) is 5.53. The molecule has 212 valence electrons. The molecule has 0 radical (unpaired) electrons. The molecule has 2 aliphatic heterocycles. The number of carbonyl (C=O) groups excluding carboxylic acids is 2. The van der Waals surface area contributed by atoms with Gasteiger partial charge in [-0.05, 0) is 67.4 Å². The average Bonchev–Trinajstić information content (AvgIpc) is 3.05. The predicted octanol–water partition coefficient (Wildman–Crippen LogP) is 5.57. The van der Waals surface area contributed by atoms with E-state index in [4.69, 9.17) is 33.7 Å². The van der Waals surface area contributed by atoms with E-state index < -0.39 is 12.1 Å². The van der Waals surface area contributed by atoms with Gasteiger partial charge in [-0.3, -0.25) is 14.5 Å². The lowest BCUT2D eigenvalue weighted by molar-refractivity contribution is -0.123. The summed E-state index contributed by atoms with van der Waals surface area (Å²) in [5.74, 6) is 5.46. The van der Waals surface area contributed by atoms with Gasteiger partial charge in [0, 0.05) is 47.5 Å². The van der Waals surface area contributed by atoms with Crippen molar-refractivity contribution in [3.8, 4) is 11.8 Å². The first-order valence-electron chi connectivity index (χ1n) is 13.6. The van der Waals surface area contributed by atoms with E-state index in [2.05, 4.69) is 16.7 Å². The Morgan fingerprint density at radius 2 is 1.68 bits per heavy atom. The molecule has 0 saturated carbocycles. The van der Waals surface area contributed by atoms with E-state index in [1.165, 1.54) is 0 Å². The van der Waals surface area contributed by atoms with Crippen LogP contribution in [-0.2, 0) is 9.53 Å². The summed E-state index contributed by atoms with van der Waals surface area (Å²) in [5, 5.41) is 1.03. The lowest BCUT2D eigenvalue weighted by Gasteiger charge is -2.36. The van der Waals surface area contributed by atoms with Gasteiger partial charge in [0.15, 0.2) is 0 Å². The number of nitrogens with two attached hydrogens (primary N) is 1. The number of halogens is 2. The van der Waals surface area contributed by atoms with E-state index >= 15 is 0 Å². The molecule has 0 spiro atoms. The summed E-state index contributed by atoms with van der Waals surface area (Å²) < 4.78 is 5.51. The first-order valence-corrected chi connectivity index (χ1v) is 14.4. The third-order valence-corrected chi connectivity index (χ3v) is 8.13. The molecule has 1 saturated heterocycles. The highest BCUT2D eigenvalue weighted by molar-refractivity contribution is 6.31. The van der Waals surface area contributed by atoms with Crippen LogP contribution in [0.3, 0.4) is 0 Å². The number of hydrogen-bond acceptors (Lipinski definition) is 5. The molecule has 0 aliphatic carbocycles. The van der Waals surface area contributed by atoms with Crippen molar-refractivity contribution in [2.75, 3.05) is 50.0 Å². The molecule has 1 fully saturated rings. The number of carbonyl (C=O) groups is 2. The highest BCUT2D eigenvalue weighted by Gasteiger charge is 2.43. The minimum Gasteiger partial charge on any atom is -0.398 e. The maximum atomic E-state index is 14.7. The lowest BCUT2D eigenvalue weighted by Crippen LogP contribution is -2.47. The summed E-state index contributed by atoms with van der Waals surface area (Å²) in [4.78, 5) is 34.9. The molecular formula is C32H32Cl2N4O3. The fraction of sp³-hybridized carbons (Fsp3) is 0.312. The van der Waals surface area contributed by atoms with Gasteiger partial charge in [-0.1, -0.05) is 47.3 Å². The Morgan fingerprint density at radius 3 is 2.37 bits per heavy atom. The molecule has 0 unspecified atom stereocenters. The van der Waals surface area contributed by atoms with Crippen molar-refractivity contribution in [2.45, 2.75) is 25.9 Å². The fourth-order valence-corrected chi connectivity index (χ4v) is 5.83. The van der Waals surface area contributed by atoms with Crippen LogP contribution in [0.1, 0.15) is 53.0 Å². The van der Waals surface area contributed by atoms with Crippen LogP contribution in [0.25, 0.3) is 0 Å². The molecule has 41 heavy (non-hydrogen) atoms. The van der Waals surface area contributed by atoms with Gasteiger partial charge in [0.05, 0.1) is 30.5 Å². The molecule has 2 heterocycles. The molecule has 7 nitrogen and oxygen atoms in total. The average molecular weight is 592 g/mol. The van der Waals surface area contributed by atoms with E-state index in [1.807, 2.05) is 19.1 Å². The third-order valence-electron chi connectivity index (χ3n) is 7.65. The second-order valence-corrected chi connectivity index (χ2v) is 11.0. The normalized spacial score (nSPS) is 18.4. The SMILES string of the molecule is CC#Cc1ccc2c(c1)C(=O)N([C@H](C)c1ccc(Cl)cc1N)[C@@H](c1ccc(Cl)cc1)C(=O)N2CCN1CCOCC1. The van der Waals surface area contributed by atoms with Crippen molar-refractivity contribution in [3.63, 3.8) is 0 Å². The molecule has 0 aromatic heterocycles. The van der Waals surface area contributed by atoms with Crippen molar-refractivity contribution < 1.29 is 14.3 Å². The Balaban J connectivity index is 1.67. The zero-order valence-corrected chi connectivity index (χ0v) is 24.6. The lowest BCUT2D eigenvalue weighted by atomic mass is 9.97. The van der Waals surface area contributed by atoms with Gasteiger partial charge < -0.3 is 20.3 Å². The summed E-state index contributed by atoms with van der Waals surface area (Å²) in [5.41, 5.74) is 9.87. The van der Waals surface area contributed by atoms with Gasteiger partial charge in [-0.15, -0.1) is 5.92 Å². The molecule has 2 amide bonds. The predicted molar refractivity (Wildman–Crippen MR) is 163 cm³/mol. The van der Waals surface area contributed by atoms with Crippen molar-refractivity contribution in [1.82, 2.24) is 9.80 Å². The second kappa shape index (κ2) is 12.5. The summed E-state index contributed by atoms with van der Waals surface area (Å²) in [7, 11) is 0. The standard InChI is InChI=1S/C32H32Cl2N4O3/c1-3-4-22-5-12-29-27(19-22)31(39)38(21(2)26-11-10-25(34)20-28(26)35)30(23-6-8-24(33)9-7-23)32(40)37(29)14-13-36-15-17-41-18-16-36/h5-12,19-21,30H,13-18,35H2,1-2H3/t21-,30+/m1/s1. The molecule has 3 aromatic carbocycles. The number of benzene rings is 3. The zero-order valence-electron chi connectivity index (χ0n) is 23.1. The van der Waals surface area contributed by atoms with Crippen LogP contribution >= 0.6 is 23.2 Å². The zero-order chi connectivity index (χ0) is 29.1. The van der Waals surface area contributed by atoms with E-state index in [9.17, 15) is 9.59 Å². The van der Waals surface area contributed by atoms with Gasteiger partial charge in [-0.2, -0.15) is 0 Å². The van der Waals surface area contributed by atoms with Gasteiger partial charge in [-0.25, -0.2) is 0 Å². The highest BCUT2D eigenvalue weighted by Crippen LogP contribution is 2.41. The van der Waals surface area contributed by atoms with Crippen LogP contribution in [0.2, 0.25) is 10.0 Å². The smallest absolute Gasteiger partial charge is 0.257 e. The largest absolute Gasteiger partial charge is 0.398 e. The molecule has 2 N–H and O–H groups in total. The molecule has 5 rings (SSSR count). The minimum atomic E-state index is -0.928. The summed E-state index contributed by atoms with van der Waals surface area (Å²) >= 11 is 12.4. The minimum absolute atomic E-state index is 0.207. The number of ether oxygens (including phenoxy) is 1. The summed E-state index contributed by atoms with van der Waals surface area (Å²) in [6.07, 6.45) is 0. The maximum Gasteiger partial charge on any atom is 0.257 e. The van der Waals surface area contributed by atoms with E-state index in [-0.39, 0.29) is 11.8 Å². The Bertz CT molecular complexity index is 1510. The molecule has 3 aromatic rings. The summed E-state index contributed by atoms with van der Waals surface area (Å²) in [6, 6.07) is 16.2. The van der Waals surface area contributed by atoms with Crippen molar-refractivity contribution >= 4 is 46.4 Å². The Hall–Kier alpha value is -3.54.